The van der Waals surface area contributed by atoms with Crippen LogP contribution in [0.15, 0.2) is 30.3 Å². The zero-order chi connectivity index (χ0) is 10.8. The first kappa shape index (κ1) is 10.3. The SMILES string of the molecule is c1ccc(CN2CCN(C3CC3)CC2)cc1. The van der Waals surface area contributed by atoms with Crippen LogP contribution in [-0.4, -0.2) is 42.0 Å². The maximum Gasteiger partial charge on any atom is 0.0234 e. The van der Waals surface area contributed by atoms with E-state index in [1.165, 1.54) is 44.6 Å². The molecule has 1 aliphatic carbocycles. The van der Waals surface area contributed by atoms with E-state index < -0.39 is 0 Å². The van der Waals surface area contributed by atoms with Crippen molar-refractivity contribution in [2.24, 2.45) is 0 Å². The van der Waals surface area contributed by atoms with Gasteiger partial charge in [-0.1, -0.05) is 30.3 Å². The largest absolute Gasteiger partial charge is 0.298 e. The lowest BCUT2D eigenvalue weighted by atomic mass is 10.2. The van der Waals surface area contributed by atoms with E-state index in [2.05, 4.69) is 40.1 Å². The predicted molar refractivity (Wildman–Crippen MR) is 66.3 cm³/mol. The van der Waals surface area contributed by atoms with Crippen LogP contribution in [0.1, 0.15) is 18.4 Å². The lowest BCUT2D eigenvalue weighted by Gasteiger charge is -2.34. The number of rotatable bonds is 3. The van der Waals surface area contributed by atoms with E-state index in [0.29, 0.717) is 0 Å². The second-order valence-corrected chi connectivity index (χ2v) is 5.03. The Hall–Kier alpha value is -0.860. The van der Waals surface area contributed by atoms with Gasteiger partial charge in [-0.05, 0) is 18.4 Å². The van der Waals surface area contributed by atoms with Gasteiger partial charge in [-0.2, -0.15) is 0 Å². The third-order valence-corrected chi connectivity index (χ3v) is 3.72. The molecule has 2 aliphatic rings. The first-order valence-electron chi connectivity index (χ1n) is 6.42. The van der Waals surface area contributed by atoms with Gasteiger partial charge in [0.05, 0.1) is 0 Å². The molecule has 1 aromatic rings. The number of benzene rings is 1. The minimum Gasteiger partial charge on any atom is -0.298 e. The van der Waals surface area contributed by atoms with Gasteiger partial charge in [0.25, 0.3) is 0 Å². The Morgan fingerprint density at radius 2 is 1.62 bits per heavy atom. The molecular weight excluding hydrogens is 196 g/mol. The molecule has 1 aliphatic heterocycles. The van der Waals surface area contributed by atoms with Gasteiger partial charge < -0.3 is 0 Å². The summed E-state index contributed by atoms with van der Waals surface area (Å²) in [7, 11) is 0. The van der Waals surface area contributed by atoms with E-state index in [1.807, 2.05) is 0 Å². The molecule has 1 heterocycles. The molecule has 1 saturated carbocycles. The first-order valence-corrected chi connectivity index (χ1v) is 6.42. The third kappa shape index (κ3) is 2.45. The zero-order valence-electron chi connectivity index (χ0n) is 9.81. The molecule has 16 heavy (non-hydrogen) atoms. The Labute approximate surface area is 97.9 Å². The summed E-state index contributed by atoms with van der Waals surface area (Å²) in [5.74, 6) is 0. The van der Waals surface area contributed by atoms with Crippen molar-refractivity contribution in [3.05, 3.63) is 35.9 Å². The molecule has 86 valence electrons. The van der Waals surface area contributed by atoms with Crippen LogP contribution in [0.5, 0.6) is 0 Å². The Morgan fingerprint density at radius 1 is 0.938 bits per heavy atom. The average Bonchev–Trinajstić information content (AvgIpc) is 3.15. The van der Waals surface area contributed by atoms with Crippen molar-refractivity contribution in [3.63, 3.8) is 0 Å². The summed E-state index contributed by atoms with van der Waals surface area (Å²) in [6.07, 6.45) is 2.89. The summed E-state index contributed by atoms with van der Waals surface area (Å²) < 4.78 is 0. The molecule has 0 unspecified atom stereocenters. The van der Waals surface area contributed by atoms with Crippen molar-refractivity contribution in [2.45, 2.75) is 25.4 Å². The van der Waals surface area contributed by atoms with Crippen LogP contribution in [0.25, 0.3) is 0 Å². The van der Waals surface area contributed by atoms with Crippen LogP contribution in [0, 0.1) is 0 Å². The van der Waals surface area contributed by atoms with Gasteiger partial charge in [0, 0.05) is 38.8 Å². The van der Waals surface area contributed by atoms with Gasteiger partial charge in [0.2, 0.25) is 0 Å². The smallest absolute Gasteiger partial charge is 0.0234 e. The summed E-state index contributed by atoms with van der Waals surface area (Å²) in [5.41, 5.74) is 1.45. The number of piperazine rings is 1. The molecular formula is C14H20N2. The Morgan fingerprint density at radius 3 is 2.25 bits per heavy atom. The second kappa shape index (κ2) is 4.56. The minimum absolute atomic E-state index is 0.943. The number of hydrogen-bond donors (Lipinski definition) is 0. The molecule has 0 aromatic heterocycles. The molecule has 2 nitrogen and oxygen atoms in total. The second-order valence-electron chi connectivity index (χ2n) is 5.03. The summed E-state index contributed by atoms with van der Waals surface area (Å²) in [4.78, 5) is 5.25. The Kier molecular flexibility index (Phi) is 2.94. The monoisotopic (exact) mass is 216 g/mol. The predicted octanol–water partition coefficient (Wildman–Crippen LogP) is 1.97. The van der Waals surface area contributed by atoms with Gasteiger partial charge in [0.1, 0.15) is 0 Å². The molecule has 0 radical (unpaired) electrons. The van der Waals surface area contributed by atoms with Gasteiger partial charge in [-0.25, -0.2) is 0 Å². The highest BCUT2D eigenvalue weighted by Crippen LogP contribution is 2.27. The topological polar surface area (TPSA) is 6.48 Å². The minimum atomic E-state index is 0.943. The van der Waals surface area contributed by atoms with E-state index >= 15 is 0 Å². The Bertz CT molecular complexity index is 324. The maximum atomic E-state index is 2.67. The van der Waals surface area contributed by atoms with Gasteiger partial charge in [0.15, 0.2) is 0 Å². The highest BCUT2D eigenvalue weighted by Gasteiger charge is 2.30. The molecule has 2 fully saturated rings. The fourth-order valence-corrected chi connectivity index (χ4v) is 2.57. The fourth-order valence-electron chi connectivity index (χ4n) is 2.57. The number of hydrogen-bond acceptors (Lipinski definition) is 2. The summed E-state index contributed by atoms with van der Waals surface area (Å²) >= 11 is 0. The van der Waals surface area contributed by atoms with Crippen molar-refractivity contribution in [2.75, 3.05) is 26.2 Å². The standard InChI is InChI=1S/C14H20N2/c1-2-4-13(5-3-1)12-15-8-10-16(11-9-15)14-6-7-14/h1-5,14H,6-12H2. The third-order valence-electron chi connectivity index (χ3n) is 3.72. The van der Waals surface area contributed by atoms with Crippen molar-refractivity contribution in [1.29, 1.82) is 0 Å². The summed E-state index contributed by atoms with van der Waals surface area (Å²) in [6.45, 7) is 6.16. The van der Waals surface area contributed by atoms with Gasteiger partial charge in [-0.3, -0.25) is 9.80 Å². The Balaban J connectivity index is 1.50. The molecule has 1 saturated heterocycles. The molecule has 0 spiro atoms. The molecule has 3 rings (SSSR count). The quantitative estimate of drug-likeness (QED) is 0.762. The van der Waals surface area contributed by atoms with E-state index in [4.69, 9.17) is 0 Å². The van der Waals surface area contributed by atoms with Crippen LogP contribution >= 0.6 is 0 Å². The van der Waals surface area contributed by atoms with E-state index in [0.717, 1.165) is 12.6 Å². The summed E-state index contributed by atoms with van der Waals surface area (Å²) in [6, 6.07) is 11.8. The van der Waals surface area contributed by atoms with Crippen LogP contribution in [0.2, 0.25) is 0 Å². The van der Waals surface area contributed by atoms with Crippen LogP contribution in [0.4, 0.5) is 0 Å². The molecule has 0 N–H and O–H groups in total. The lowest BCUT2D eigenvalue weighted by molar-refractivity contribution is 0.121. The van der Waals surface area contributed by atoms with E-state index in [9.17, 15) is 0 Å². The lowest BCUT2D eigenvalue weighted by Crippen LogP contribution is -2.46. The van der Waals surface area contributed by atoms with Gasteiger partial charge in [-0.15, -0.1) is 0 Å². The van der Waals surface area contributed by atoms with Crippen LogP contribution in [0.3, 0.4) is 0 Å². The van der Waals surface area contributed by atoms with E-state index in [1.54, 1.807) is 0 Å². The maximum absolute atomic E-state index is 2.67. The van der Waals surface area contributed by atoms with Crippen LogP contribution < -0.4 is 0 Å². The van der Waals surface area contributed by atoms with Gasteiger partial charge >= 0.3 is 0 Å². The van der Waals surface area contributed by atoms with Crippen molar-refractivity contribution >= 4 is 0 Å². The van der Waals surface area contributed by atoms with Crippen LogP contribution in [-0.2, 0) is 6.54 Å². The molecule has 0 atom stereocenters. The highest BCUT2D eigenvalue weighted by molar-refractivity contribution is 5.14. The molecule has 1 aromatic carbocycles. The van der Waals surface area contributed by atoms with Crippen molar-refractivity contribution in [1.82, 2.24) is 9.80 Å². The fraction of sp³-hybridized carbons (Fsp3) is 0.571. The normalized spacial score (nSPS) is 23.5. The summed E-state index contributed by atoms with van der Waals surface area (Å²) in [5, 5.41) is 0. The van der Waals surface area contributed by atoms with Crippen molar-refractivity contribution in [3.8, 4) is 0 Å². The van der Waals surface area contributed by atoms with E-state index in [-0.39, 0.29) is 0 Å². The molecule has 2 heteroatoms. The molecule has 0 amide bonds. The first-order chi connectivity index (χ1) is 7.92. The number of nitrogens with zero attached hydrogens (tertiary/aromatic N) is 2. The average molecular weight is 216 g/mol. The molecule has 0 bridgehead atoms. The zero-order valence-corrected chi connectivity index (χ0v) is 9.81. The van der Waals surface area contributed by atoms with Crippen molar-refractivity contribution < 1.29 is 0 Å². The highest BCUT2D eigenvalue weighted by atomic mass is 15.3.